The summed E-state index contributed by atoms with van der Waals surface area (Å²) in [6.07, 6.45) is -0.804. The highest BCUT2D eigenvalue weighted by molar-refractivity contribution is 7.87. The van der Waals surface area contributed by atoms with Crippen LogP contribution >= 0.6 is 0 Å². The average Bonchev–Trinajstić information content (AvgIpc) is 2.21. The summed E-state index contributed by atoms with van der Waals surface area (Å²) >= 11 is 0. The molecule has 0 aromatic rings. The van der Waals surface area contributed by atoms with Crippen molar-refractivity contribution in [3.05, 3.63) is 0 Å². The summed E-state index contributed by atoms with van der Waals surface area (Å²) in [6.45, 7) is 8.08. The fraction of sp³-hybridized carbons (Fsp3) is 0.909. The van der Waals surface area contributed by atoms with Gasteiger partial charge in [-0.15, -0.1) is 0 Å². The molecule has 0 aliphatic rings. The molecular formula is C11H25N3O4S. The lowest BCUT2D eigenvalue weighted by Crippen LogP contribution is -2.46. The molecule has 0 aliphatic carbocycles. The number of ether oxygens (including phenoxy) is 1. The molecule has 0 saturated heterocycles. The maximum atomic E-state index is 12.0. The van der Waals surface area contributed by atoms with E-state index < -0.39 is 16.3 Å². The molecule has 1 amide bonds. The van der Waals surface area contributed by atoms with Crippen molar-refractivity contribution in [3.8, 4) is 0 Å². The first kappa shape index (κ1) is 18.1. The van der Waals surface area contributed by atoms with Crippen molar-refractivity contribution in [2.45, 2.75) is 40.2 Å². The molecule has 0 radical (unpaired) electrons. The largest absolute Gasteiger partial charge is 0.446 e. The lowest BCUT2D eigenvalue weighted by molar-refractivity contribution is 0.121. The maximum absolute atomic E-state index is 12.0. The van der Waals surface area contributed by atoms with Crippen molar-refractivity contribution in [2.75, 3.05) is 19.6 Å². The minimum Gasteiger partial charge on any atom is -0.446 e. The third-order valence-corrected chi connectivity index (χ3v) is 3.51. The summed E-state index contributed by atoms with van der Waals surface area (Å²) in [5.41, 5.74) is 5.38. The van der Waals surface area contributed by atoms with Crippen LogP contribution in [-0.4, -0.2) is 44.6 Å². The molecule has 7 nitrogen and oxygen atoms in total. The van der Waals surface area contributed by atoms with E-state index in [1.807, 2.05) is 18.6 Å². The van der Waals surface area contributed by atoms with Gasteiger partial charge in [0, 0.05) is 13.1 Å². The van der Waals surface area contributed by atoms with Crippen LogP contribution in [0.5, 0.6) is 0 Å². The predicted octanol–water partition coefficient (Wildman–Crippen LogP) is 0.673. The van der Waals surface area contributed by atoms with Crippen molar-refractivity contribution in [3.63, 3.8) is 0 Å². The van der Waals surface area contributed by atoms with E-state index in [1.54, 1.807) is 13.8 Å². The molecule has 0 spiro atoms. The summed E-state index contributed by atoms with van der Waals surface area (Å²) in [4.78, 5) is 11.4. The molecule has 0 aromatic carbocycles. The standard InChI is InChI=1S/C11H25N3O4S/c1-9(2)8-14(7-5-6-12)19(16,17)13-11(15)18-10(3)4/h9-10H,5-8,12H2,1-4H3,(H,13,15). The fourth-order valence-electron chi connectivity index (χ4n) is 1.39. The molecule has 0 saturated carbocycles. The Bertz CT molecular complexity index is 368. The molecule has 19 heavy (non-hydrogen) atoms. The van der Waals surface area contributed by atoms with Gasteiger partial charge in [0.1, 0.15) is 0 Å². The molecule has 0 atom stereocenters. The van der Waals surface area contributed by atoms with Crippen LogP contribution in [0, 0.1) is 5.92 Å². The smallest absolute Gasteiger partial charge is 0.422 e. The van der Waals surface area contributed by atoms with Crippen LogP contribution in [0.3, 0.4) is 0 Å². The monoisotopic (exact) mass is 295 g/mol. The fourth-order valence-corrected chi connectivity index (χ4v) is 2.64. The van der Waals surface area contributed by atoms with Crippen LogP contribution in [0.1, 0.15) is 34.1 Å². The highest BCUT2D eigenvalue weighted by Gasteiger charge is 2.25. The first-order chi connectivity index (χ1) is 8.69. The zero-order valence-corrected chi connectivity index (χ0v) is 12.9. The van der Waals surface area contributed by atoms with Gasteiger partial charge in [0.15, 0.2) is 0 Å². The van der Waals surface area contributed by atoms with E-state index in [4.69, 9.17) is 10.5 Å². The van der Waals surface area contributed by atoms with E-state index >= 15 is 0 Å². The van der Waals surface area contributed by atoms with Crippen molar-refractivity contribution >= 4 is 16.3 Å². The number of rotatable bonds is 8. The average molecular weight is 295 g/mol. The number of nitrogens with zero attached hydrogens (tertiary/aromatic N) is 1. The van der Waals surface area contributed by atoms with Crippen molar-refractivity contribution in [1.29, 1.82) is 0 Å². The lowest BCUT2D eigenvalue weighted by Gasteiger charge is -2.23. The number of carbonyl (C=O) groups is 1. The second kappa shape index (κ2) is 8.34. The molecule has 3 N–H and O–H groups in total. The first-order valence-electron chi connectivity index (χ1n) is 6.37. The highest BCUT2D eigenvalue weighted by atomic mass is 32.2. The molecule has 0 fully saturated rings. The third kappa shape index (κ3) is 8.02. The Balaban J connectivity index is 4.72. The Morgan fingerprint density at radius 2 is 1.89 bits per heavy atom. The van der Waals surface area contributed by atoms with Crippen LogP contribution in [0.4, 0.5) is 4.79 Å². The molecule has 0 bridgehead atoms. The van der Waals surface area contributed by atoms with Crippen molar-refractivity contribution < 1.29 is 17.9 Å². The van der Waals surface area contributed by atoms with Gasteiger partial charge in [-0.2, -0.15) is 12.7 Å². The van der Waals surface area contributed by atoms with E-state index in [2.05, 4.69) is 0 Å². The maximum Gasteiger partial charge on any atom is 0.422 e. The zero-order valence-electron chi connectivity index (χ0n) is 12.0. The number of nitrogens with one attached hydrogen (secondary N) is 1. The van der Waals surface area contributed by atoms with E-state index in [9.17, 15) is 13.2 Å². The lowest BCUT2D eigenvalue weighted by atomic mass is 10.2. The molecule has 0 rings (SSSR count). The Hall–Kier alpha value is -0.860. The van der Waals surface area contributed by atoms with Gasteiger partial charge in [-0.25, -0.2) is 9.52 Å². The molecule has 114 valence electrons. The number of carbonyl (C=O) groups excluding carboxylic acids is 1. The zero-order chi connectivity index (χ0) is 15.1. The second-order valence-corrected chi connectivity index (χ2v) is 6.63. The molecular weight excluding hydrogens is 270 g/mol. The Labute approximate surface area is 115 Å². The van der Waals surface area contributed by atoms with E-state index in [-0.39, 0.29) is 18.6 Å². The summed E-state index contributed by atoms with van der Waals surface area (Å²) < 4.78 is 32.0. The summed E-state index contributed by atoms with van der Waals surface area (Å²) in [5.74, 6) is 0.149. The van der Waals surface area contributed by atoms with E-state index in [0.29, 0.717) is 19.5 Å². The van der Waals surface area contributed by atoms with Gasteiger partial charge in [0.2, 0.25) is 0 Å². The summed E-state index contributed by atoms with van der Waals surface area (Å²) in [7, 11) is -3.88. The van der Waals surface area contributed by atoms with Gasteiger partial charge in [0.05, 0.1) is 6.10 Å². The topological polar surface area (TPSA) is 102 Å². The van der Waals surface area contributed by atoms with Crippen molar-refractivity contribution in [2.24, 2.45) is 11.7 Å². The minimum atomic E-state index is -3.88. The SMILES string of the molecule is CC(C)CN(CCCN)S(=O)(=O)NC(=O)OC(C)C. The predicted molar refractivity (Wildman–Crippen MR) is 73.8 cm³/mol. The quantitative estimate of drug-likeness (QED) is 0.685. The van der Waals surface area contributed by atoms with Gasteiger partial charge in [-0.05, 0) is 32.7 Å². The molecule has 0 aliphatic heterocycles. The van der Waals surface area contributed by atoms with Gasteiger partial charge in [0.25, 0.3) is 0 Å². The van der Waals surface area contributed by atoms with Crippen LogP contribution in [0.25, 0.3) is 0 Å². The Kier molecular flexibility index (Phi) is 7.96. The Morgan fingerprint density at radius 3 is 2.32 bits per heavy atom. The highest BCUT2D eigenvalue weighted by Crippen LogP contribution is 2.06. The number of nitrogens with two attached hydrogens (primary N) is 1. The van der Waals surface area contributed by atoms with Crippen molar-refractivity contribution in [1.82, 2.24) is 9.03 Å². The molecule has 0 heterocycles. The van der Waals surface area contributed by atoms with Crippen LogP contribution in [0.2, 0.25) is 0 Å². The Morgan fingerprint density at radius 1 is 1.32 bits per heavy atom. The molecule has 0 aromatic heterocycles. The molecule has 8 heteroatoms. The summed E-state index contributed by atoms with van der Waals surface area (Å²) in [5, 5.41) is 0. The third-order valence-electron chi connectivity index (χ3n) is 2.08. The number of hydrogen-bond donors (Lipinski definition) is 2. The van der Waals surface area contributed by atoms with Gasteiger partial charge < -0.3 is 10.5 Å². The van der Waals surface area contributed by atoms with Gasteiger partial charge in [-0.1, -0.05) is 13.8 Å². The molecule has 0 unspecified atom stereocenters. The minimum absolute atomic E-state index is 0.149. The van der Waals surface area contributed by atoms with Crippen LogP contribution in [-0.2, 0) is 14.9 Å². The van der Waals surface area contributed by atoms with Gasteiger partial charge >= 0.3 is 16.3 Å². The van der Waals surface area contributed by atoms with Crippen LogP contribution in [0.15, 0.2) is 0 Å². The normalized spacial score (nSPS) is 12.2. The van der Waals surface area contributed by atoms with E-state index in [0.717, 1.165) is 0 Å². The van der Waals surface area contributed by atoms with E-state index in [1.165, 1.54) is 4.31 Å². The number of hydrogen-bond acceptors (Lipinski definition) is 5. The number of amides is 1. The first-order valence-corrected chi connectivity index (χ1v) is 7.81. The van der Waals surface area contributed by atoms with Crippen LogP contribution < -0.4 is 10.5 Å². The second-order valence-electron chi connectivity index (χ2n) is 4.96. The summed E-state index contributed by atoms with van der Waals surface area (Å²) in [6, 6.07) is 0. The van der Waals surface area contributed by atoms with Gasteiger partial charge in [-0.3, -0.25) is 0 Å².